The summed E-state index contributed by atoms with van der Waals surface area (Å²) in [5.74, 6) is 0. The molecular weight excluding hydrogens is 188 g/mol. The van der Waals surface area contributed by atoms with Gasteiger partial charge >= 0.3 is 0 Å². The lowest BCUT2D eigenvalue weighted by Gasteiger charge is -2.40. The lowest BCUT2D eigenvalue weighted by molar-refractivity contribution is -0.0515. The van der Waals surface area contributed by atoms with Crippen molar-refractivity contribution in [3.63, 3.8) is 0 Å². The summed E-state index contributed by atoms with van der Waals surface area (Å²) in [6.07, 6.45) is 3.45. The first-order valence-electron chi connectivity index (χ1n) is 5.91. The first-order chi connectivity index (χ1) is 6.85. The van der Waals surface area contributed by atoms with Gasteiger partial charge in [-0.1, -0.05) is 0 Å². The van der Waals surface area contributed by atoms with Gasteiger partial charge in [-0.3, -0.25) is 0 Å². The third-order valence-corrected chi connectivity index (χ3v) is 3.30. The lowest BCUT2D eigenvalue weighted by Crippen LogP contribution is -2.49. The molecule has 1 fully saturated rings. The summed E-state index contributed by atoms with van der Waals surface area (Å²) in [7, 11) is 1.82. The van der Waals surface area contributed by atoms with Gasteiger partial charge in [-0.05, 0) is 53.1 Å². The van der Waals surface area contributed by atoms with Gasteiger partial charge in [-0.2, -0.15) is 0 Å². The molecule has 1 unspecified atom stereocenters. The first kappa shape index (κ1) is 12.9. The average molecular weight is 214 g/mol. The molecule has 15 heavy (non-hydrogen) atoms. The summed E-state index contributed by atoms with van der Waals surface area (Å²) in [5.41, 5.74) is 5.99. The summed E-state index contributed by atoms with van der Waals surface area (Å²) < 4.78 is 5.57. The number of rotatable bonds is 4. The summed E-state index contributed by atoms with van der Waals surface area (Å²) in [6, 6.07) is 0. The molecule has 2 N–H and O–H groups in total. The predicted octanol–water partition coefficient (Wildman–Crippen LogP) is 1.61. The number of nitrogens with two attached hydrogens (primary N) is 1. The van der Waals surface area contributed by atoms with Crippen molar-refractivity contribution in [2.75, 3.05) is 26.7 Å². The predicted molar refractivity (Wildman–Crippen MR) is 64.0 cm³/mol. The fourth-order valence-corrected chi connectivity index (χ4v) is 2.11. The van der Waals surface area contributed by atoms with Crippen molar-refractivity contribution in [2.24, 2.45) is 5.73 Å². The van der Waals surface area contributed by atoms with Crippen LogP contribution in [0.3, 0.4) is 0 Å². The van der Waals surface area contributed by atoms with Crippen molar-refractivity contribution in [1.29, 1.82) is 0 Å². The minimum absolute atomic E-state index is 0.0526. The van der Waals surface area contributed by atoms with Crippen LogP contribution in [-0.2, 0) is 4.74 Å². The van der Waals surface area contributed by atoms with Crippen LogP contribution in [0.25, 0.3) is 0 Å². The summed E-state index contributed by atoms with van der Waals surface area (Å²) in [6.45, 7) is 9.70. The summed E-state index contributed by atoms with van der Waals surface area (Å²) >= 11 is 0. The second-order valence-electron chi connectivity index (χ2n) is 5.77. The van der Waals surface area contributed by atoms with Crippen LogP contribution in [0.1, 0.15) is 40.0 Å². The highest BCUT2D eigenvalue weighted by molar-refractivity contribution is 4.85. The van der Waals surface area contributed by atoms with E-state index in [1.807, 2.05) is 7.11 Å². The molecule has 0 amide bonds. The van der Waals surface area contributed by atoms with Gasteiger partial charge in [0.2, 0.25) is 0 Å². The van der Waals surface area contributed by atoms with Crippen LogP contribution in [-0.4, -0.2) is 42.8 Å². The highest BCUT2D eigenvalue weighted by atomic mass is 16.5. The third kappa shape index (κ3) is 4.49. The maximum Gasteiger partial charge on any atom is 0.0777 e. The zero-order valence-corrected chi connectivity index (χ0v) is 10.7. The number of methoxy groups -OCH3 is 1. The number of hydrogen-bond donors (Lipinski definition) is 1. The Morgan fingerprint density at radius 3 is 2.67 bits per heavy atom. The molecule has 0 aromatic carbocycles. The molecule has 3 heteroatoms. The highest BCUT2D eigenvalue weighted by Crippen LogP contribution is 2.24. The Bertz CT molecular complexity index is 200. The van der Waals surface area contributed by atoms with Gasteiger partial charge in [0.05, 0.1) is 5.60 Å². The Balaban J connectivity index is 2.37. The molecule has 0 spiro atoms. The average Bonchev–Trinajstić information content (AvgIpc) is 2.14. The van der Waals surface area contributed by atoms with Crippen molar-refractivity contribution < 1.29 is 4.74 Å². The molecule has 0 bridgehead atoms. The Labute approximate surface area is 94.0 Å². The second-order valence-corrected chi connectivity index (χ2v) is 5.77. The molecular formula is C12H26N2O. The third-order valence-electron chi connectivity index (χ3n) is 3.30. The van der Waals surface area contributed by atoms with Gasteiger partial charge in [-0.25, -0.2) is 0 Å². The number of hydrogen-bond acceptors (Lipinski definition) is 3. The van der Waals surface area contributed by atoms with E-state index in [2.05, 4.69) is 25.7 Å². The lowest BCUT2D eigenvalue weighted by atomic mass is 9.93. The van der Waals surface area contributed by atoms with Gasteiger partial charge in [0.25, 0.3) is 0 Å². The van der Waals surface area contributed by atoms with E-state index in [4.69, 9.17) is 10.5 Å². The summed E-state index contributed by atoms with van der Waals surface area (Å²) in [5, 5.41) is 0. The smallest absolute Gasteiger partial charge is 0.0777 e. The Hall–Kier alpha value is -0.120. The number of piperidine rings is 1. The zero-order valence-electron chi connectivity index (χ0n) is 10.7. The fourth-order valence-electron chi connectivity index (χ4n) is 2.11. The monoisotopic (exact) mass is 214 g/mol. The van der Waals surface area contributed by atoms with Gasteiger partial charge in [0.1, 0.15) is 0 Å². The molecule has 3 nitrogen and oxygen atoms in total. The Morgan fingerprint density at radius 1 is 1.47 bits per heavy atom. The Kier molecular flexibility index (Phi) is 4.15. The maximum absolute atomic E-state index is 5.99. The molecule has 1 rings (SSSR count). The van der Waals surface area contributed by atoms with Crippen molar-refractivity contribution in [1.82, 2.24) is 4.90 Å². The highest BCUT2D eigenvalue weighted by Gasteiger charge is 2.30. The van der Waals surface area contributed by atoms with Crippen LogP contribution in [0, 0.1) is 0 Å². The minimum Gasteiger partial charge on any atom is -0.377 e. The topological polar surface area (TPSA) is 38.5 Å². The molecule has 1 aliphatic heterocycles. The molecule has 0 aliphatic carbocycles. The fraction of sp³-hybridized carbons (Fsp3) is 1.00. The van der Waals surface area contributed by atoms with E-state index in [9.17, 15) is 0 Å². The molecule has 90 valence electrons. The largest absolute Gasteiger partial charge is 0.377 e. The van der Waals surface area contributed by atoms with Crippen molar-refractivity contribution >= 4 is 0 Å². The molecule has 0 aromatic rings. The molecule has 0 aromatic heterocycles. The van der Waals surface area contributed by atoms with Crippen LogP contribution in [0.2, 0.25) is 0 Å². The molecule has 1 heterocycles. The molecule has 1 saturated heterocycles. The van der Waals surface area contributed by atoms with Gasteiger partial charge in [-0.15, -0.1) is 0 Å². The van der Waals surface area contributed by atoms with E-state index in [1.54, 1.807) is 0 Å². The van der Waals surface area contributed by atoms with Crippen molar-refractivity contribution in [3.8, 4) is 0 Å². The van der Waals surface area contributed by atoms with Gasteiger partial charge in [0, 0.05) is 19.2 Å². The maximum atomic E-state index is 5.99. The van der Waals surface area contributed by atoms with E-state index in [0.717, 1.165) is 19.5 Å². The molecule has 1 atom stereocenters. The van der Waals surface area contributed by atoms with Crippen LogP contribution in [0.15, 0.2) is 0 Å². The van der Waals surface area contributed by atoms with E-state index >= 15 is 0 Å². The molecule has 1 aliphatic rings. The summed E-state index contributed by atoms with van der Waals surface area (Å²) in [4.78, 5) is 2.47. The number of nitrogens with zero attached hydrogens (tertiary/aromatic N) is 1. The first-order valence-corrected chi connectivity index (χ1v) is 5.91. The minimum atomic E-state index is -0.0546. The quantitative estimate of drug-likeness (QED) is 0.773. The Morgan fingerprint density at radius 2 is 2.13 bits per heavy atom. The van der Waals surface area contributed by atoms with Crippen LogP contribution in [0.5, 0.6) is 0 Å². The van der Waals surface area contributed by atoms with Gasteiger partial charge in [0.15, 0.2) is 0 Å². The van der Waals surface area contributed by atoms with E-state index in [-0.39, 0.29) is 11.1 Å². The van der Waals surface area contributed by atoms with E-state index in [1.165, 1.54) is 19.4 Å². The van der Waals surface area contributed by atoms with Crippen molar-refractivity contribution in [3.05, 3.63) is 0 Å². The standard InChI is InChI=1S/C12H26N2O/c1-11(2,13)7-9-14-8-5-6-12(3,10-14)15-4/h5-10,13H2,1-4H3. The number of ether oxygens (including phenoxy) is 1. The molecule has 0 saturated carbocycles. The van der Waals surface area contributed by atoms with Crippen LogP contribution in [0.4, 0.5) is 0 Å². The molecule has 0 radical (unpaired) electrons. The number of likely N-dealkylation sites (tertiary alicyclic amines) is 1. The van der Waals surface area contributed by atoms with E-state index in [0.29, 0.717) is 0 Å². The van der Waals surface area contributed by atoms with E-state index < -0.39 is 0 Å². The van der Waals surface area contributed by atoms with Crippen molar-refractivity contribution in [2.45, 2.75) is 51.2 Å². The zero-order chi connectivity index (χ0) is 11.5. The van der Waals surface area contributed by atoms with Crippen LogP contribution < -0.4 is 5.73 Å². The van der Waals surface area contributed by atoms with Gasteiger partial charge < -0.3 is 15.4 Å². The van der Waals surface area contributed by atoms with Crippen LogP contribution >= 0.6 is 0 Å². The normalized spacial score (nSPS) is 29.4. The SMILES string of the molecule is COC1(C)CCCN(CCC(C)(C)N)C1. The second kappa shape index (κ2) is 4.81.